The van der Waals surface area contributed by atoms with Crippen LogP contribution < -0.4 is 0 Å². The third-order valence-electron chi connectivity index (χ3n) is 3.65. The van der Waals surface area contributed by atoms with Crippen molar-refractivity contribution in [1.29, 1.82) is 0 Å². The van der Waals surface area contributed by atoms with E-state index in [1.807, 2.05) is 0 Å². The van der Waals surface area contributed by atoms with Gasteiger partial charge >= 0.3 is 0 Å². The van der Waals surface area contributed by atoms with Crippen LogP contribution in [0.3, 0.4) is 0 Å². The van der Waals surface area contributed by atoms with Gasteiger partial charge in [-0.3, -0.25) is 4.79 Å². The molecule has 0 aromatic carbocycles. The third-order valence-corrected chi connectivity index (χ3v) is 3.65. The second-order valence-corrected chi connectivity index (χ2v) is 4.88. The molecule has 0 N–H and O–H groups in total. The van der Waals surface area contributed by atoms with E-state index in [1.165, 1.54) is 6.42 Å². The van der Waals surface area contributed by atoms with E-state index in [0.29, 0.717) is 12.1 Å². The Balaban J connectivity index is 2.02. The van der Waals surface area contributed by atoms with Gasteiger partial charge in [-0.15, -0.1) is 0 Å². The van der Waals surface area contributed by atoms with E-state index in [4.69, 9.17) is 4.74 Å². The van der Waals surface area contributed by atoms with Gasteiger partial charge < -0.3 is 9.64 Å². The number of likely N-dealkylation sites (tertiary alicyclic amines) is 1. The molecule has 1 amide bonds. The summed E-state index contributed by atoms with van der Waals surface area (Å²) in [5.74, 6) is 0.229. The van der Waals surface area contributed by atoms with Crippen LogP contribution in [0, 0.1) is 0 Å². The van der Waals surface area contributed by atoms with Crippen LogP contribution >= 0.6 is 0 Å². The smallest absolute Gasteiger partial charge is 0.252 e. The Morgan fingerprint density at radius 1 is 1.13 bits per heavy atom. The summed E-state index contributed by atoms with van der Waals surface area (Å²) < 4.78 is 5.47. The summed E-state index contributed by atoms with van der Waals surface area (Å²) in [7, 11) is 0. The molecular weight excluding hydrogens is 190 g/mol. The number of amides is 1. The van der Waals surface area contributed by atoms with Gasteiger partial charge in [0.1, 0.15) is 6.10 Å². The molecule has 86 valence electrons. The summed E-state index contributed by atoms with van der Waals surface area (Å²) in [5, 5.41) is 0. The monoisotopic (exact) mass is 211 g/mol. The second kappa shape index (κ2) is 4.52. The summed E-state index contributed by atoms with van der Waals surface area (Å²) in [6.45, 7) is 5.07. The number of nitrogens with zero attached hydrogens (tertiary/aromatic N) is 1. The van der Waals surface area contributed by atoms with E-state index in [-0.39, 0.29) is 12.0 Å². The number of hydrogen-bond donors (Lipinski definition) is 0. The first-order valence-corrected chi connectivity index (χ1v) is 6.14. The molecular formula is C12H21NO2. The lowest BCUT2D eigenvalue weighted by molar-refractivity contribution is -0.147. The molecule has 2 heterocycles. The van der Waals surface area contributed by atoms with E-state index in [1.54, 1.807) is 0 Å². The van der Waals surface area contributed by atoms with Crippen LogP contribution in [0.1, 0.15) is 46.0 Å². The van der Waals surface area contributed by atoms with E-state index >= 15 is 0 Å². The average Bonchev–Trinajstić information content (AvgIpc) is 2.69. The summed E-state index contributed by atoms with van der Waals surface area (Å²) in [6, 6.07) is 0.788. The Hall–Kier alpha value is -0.570. The summed E-state index contributed by atoms with van der Waals surface area (Å²) in [5.41, 5.74) is 0. The molecule has 2 aliphatic heterocycles. The predicted molar refractivity (Wildman–Crippen MR) is 58.6 cm³/mol. The van der Waals surface area contributed by atoms with Gasteiger partial charge in [-0.05, 0) is 46.0 Å². The predicted octanol–water partition coefficient (Wildman–Crippen LogP) is 1.95. The first-order valence-electron chi connectivity index (χ1n) is 6.14. The second-order valence-electron chi connectivity index (χ2n) is 4.88. The number of piperidine rings is 1. The Morgan fingerprint density at radius 2 is 1.80 bits per heavy atom. The Morgan fingerprint density at radius 3 is 2.33 bits per heavy atom. The molecule has 0 aromatic heterocycles. The van der Waals surface area contributed by atoms with Crippen LogP contribution in [0.25, 0.3) is 0 Å². The minimum atomic E-state index is -0.145. The highest BCUT2D eigenvalue weighted by molar-refractivity contribution is 5.81. The van der Waals surface area contributed by atoms with Crippen LogP contribution in [0.2, 0.25) is 0 Å². The highest BCUT2D eigenvalue weighted by atomic mass is 16.5. The number of carbonyl (C=O) groups excluding carboxylic acids is 1. The van der Waals surface area contributed by atoms with E-state index in [9.17, 15) is 4.79 Å². The molecule has 0 saturated carbocycles. The standard InChI is InChI=1S/C12H21NO2/c1-9-5-3-6-10(2)13(9)12(14)11-7-4-8-15-11/h9-11H,3-8H2,1-2H3/t9-,10+,11-/m1/s1. The minimum absolute atomic E-state index is 0.145. The van der Waals surface area contributed by atoms with Crippen LogP contribution in [0.4, 0.5) is 0 Å². The van der Waals surface area contributed by atoms with Gasteiger partial charge in [0, 0.05) is 18.7 Å². The quantitative estimate of drug-likeness (QED) is 0.663. The summed E-state index contributed by atoms with van der Waals surface area (Å²) >= 11 is 0. The largest absolute Gasteiger partial charge is 0.368 e. The normalized spacial score (nSPS) is 36.9. The van der Waals surface area contributed by atoms with Crippen molar-refractivity contribution in [2.45, 2.75) is 64.1 Å². The maximum atomic E-state index is 12.2. The first-order chi connectivity index (χ1) is 7.20. The highest BCUT2D eigenvalue weighted by Crippen LogP contribution is 2.25. The van der Waals surface area contributed by atoms with Crippen LogP contribution in [-0.4, -0.2) is 35.6 Å². The molecule has 2 fully saturated rings. The molecule has 0 unspecified atom stereocenters. The van der Waals surface area contributed by atoms with Gasteiger partial charge in [-0.25, -0.2) is 0 Å². The Kier molecular flexibility index (Phi) is 3.29. The molecule has 2 rings (SSSR count). The van der Waals surface area contributed by atoms with E-state index < -0.39 is 0 Å². The van der Waals surface area contributed by atoms with Crippen molar-refractivity contribution < 1.29 is 9.53 Å². The van der Waals surface area contributed by atoms with Gasteiger partial charge in [-0.1, -0.05) is 0 Å². The van der Waals surface area contributed by atoms with E-state index in [2.05, 4.69) is 18.7 Å². The average molecular weight is 211 g/mol. The topological polar surface area (TPSA) is 29.5 Å². The van der Waals surface area contributed by atoms with Crippen LogP contribution in [0.15, 0.2) is 0 Å². The molecule has 3 atom stereocenters. The zero-order valence-corrected chi connectivity index (χ0v) is 9.74. The fourth-order valence-corrected chi connectivity index (χ4v) is 2.79. The number of carbonyl (C=O) groups is 1. The fraction of sp³-hybridized carbons (Fsp3) is 0.917. The van der Waals surface area contributed by atoms with Crippen molar-refractivity contribution in [2.24, 2.45) is 0 Å². The molecule has 3 heteroatoms. The number of hydrogen-bond acceptors (Lipinski definition) is 2. The van der Waals surface area contributed by atoms with Gasteiger partial charge in [0.2, 0.25) is 0 Å². The van der Waals surface area contributed by atoms with Crippen molar-refractivity contribution >= 4 is 5.91 Å². The van der Waals surface area contributed by atoms with E-state index in [0.717, 1.165) is 32.3 Å². The zero-order chi connectivity index (χ0) is 10.8. The lowest BCUT2D eigenvalue weighted by atomic mass is 9.96. The molecule has 0 bridgehead atoms. The lowest BCUT2D eigenvalue weighted by Gasteiger charge is -2.40. The van der Waals surface area contributed by atoms with Crippen molar-refractivity contribution in [3.05, 3.63) is 0 Å². The summed E-state index contributed by atoms with van der Waals surface area (Å²) in [6.07, 6.45) is 5.33. The van der Waals surface area contributed by atoms with Gasteiger partial charge in [0.25, 0.3) is 5.91 Å². The first kappa shape index (κ1) is 10.9. The van der Waals surface area contributed by atoms with Crippen molar-refractivity contribution in [3.8, 4) is 0 Å². The number of ether oxygens (including phenoxy) is 1. The van der Waals surface area contributed by atoms with Crippen molar-refractivity contribution in [1.82, 2.24) is 4.90 Å². The Bertz CT molecular complexity index is 226. The molecule has 15 heavy (non-hydrogen) atoms. The van der Waals surface area contributed by atoms with Gasteiger partial charge in [0.05, 0.1) is 0 Å². The van der Waals surface area contributed by atoms with Gasteiger partial charge in [0.15, 0.2) is 0 Å². The van der Waals surface area contributed by atoms with Crippen LogP contribution in [0.5, 0.6) is 0 Å². The molecule has 0 aromatic rings. The SMILES string of the molecule is C[C@@H]1CCC[C@H](C)N1C(=O)[C@H]1CCCO1. The molecule has 0 spiro atoms. The maximum Gasteiger partial charge on any atom is 0.252 e. The minimum Gasteiger partial charge on any atom is -0.368 e. The Labute approximate surface area is 91.8 Å². The molecule has 0 radical (unpaired) electrons. The maximum absolute atomic E-state index is 12.2. The molecule has 0 aliphatic carbocycles. The molecule has 2 saturated heterocycles. The molecule has 3 nitrogen and oxygen atoms in total. The van der Waals surface area contributed by atoms with Crippen molar-refractivity contribution in [2.75, 3.05) is 6.61 Å². The molecule has 2 aliphatic rings. The highest BCUT2D eigenvalue weighted by Gasteiger charge is 2.35. The number of rotatable bonds is 1. The fourth-order valence-electron chi connectivity index (χ4n) is 2.79. The summed E-state index contributed by atoms with van der Waals surface area (Å²) in [4.78, 5) is 14.3. The zero-order valence-electron chi connectivity index (χ0n) is 9.74. The third kappa shape index (κ3) is 2.17. The van der Waals surface area contributed by atoms with Crippen molar-refractivity contribution in [3.63, 3.8) is 0 Å². The lowest BCUT2D eigenvalue weighted by Crippen LogP contribution is -2.51. The van der Waals surface area contributed by atoms with Gasteiger partial charge in [-0.2, -0.15) is 0 Å². The van der Waals surface area contributed by atoms with Crippen LogP contribution in [-0.2, 0) is 9.53 Å².